The molecule has 0 radical (unpaired) electrons. The van der Waals surface area contributed by atoms with Crippen LogP contribution in [0.5, 0.6) is 17.2 Å². The number of ether oxygens (including phenoxy) is 3. The van der Waals surface area contributed by atoms with Gasteiger partial charge < -0.3 is 24.2 Å². The van der Waals surface area contributed by atoms with Crippen molar-refractivity contribution in [2.45, 2.75) is 11.1 Å². The molecule has 0 amide bonds. The van der Waals surface area contributed by atoms with Crippen molar-refractivity contribution >= 4 is 21.4 Å². The molecule has 3 aromatic carbocycles. The minimum atomic E-state index is -4.00. The lowest BCUT2D eigenvalue weighted by Gasteiger charge is -2.40. The Morgan fingerprint density at radius 2 is 1.49 bits per heavy atom. The number of hydrogen-bond donors (Lipinski definition) is 1. The van der Waals surface area contributed by atoms with E-state index in [-0.39, 0.29) is 11.4 Å². The molecule has 0 bridgehead atoms. The molecule has 9 nitrogen and oxygen atoms in total. The molecule has 3 aromatic rings. The summed E-state index contributed by atoms with van der Waals surface area (Å²) in [7, 11) is 0.643. The summed E-state index contributed by atoms with van der Waals surface area (Å²) in [4.78, 5) is 4.21. The second-order valence-electron chi connectivity index (χ2n) is 8.56. The van der Waals surface area contributed by atoms with Crippen LogP contribution in [-0.2, 0) is 10.0 Å². The van der Waals surface area contributed by atoms with E-state index in [1.165, 1.54) is 30.7 Å². The first-order valence-electron chi connectivity index (χ1n) is 12.0. The van der Waals surface area contributed by atoms with Gasteiger partial charge in [0.25, 0.3) is 10.0 Å². The highest BCUT2D eigenvalue weighted by Crippen LogP contribution is 2.36. The fourth-order valence-electron chi connectivity index (χ4n) is 4.45. The van der Waals surface area contributed by atoms with Crippen molar-refractivity contribution < 1.29 is 27.7 Å². The van der Waals surface area contributed by atoms with Gasteiger partial charge in [-0.05, 0) is 36.4 Å². The predicted molar refractivity (Wildman–Crippen MR) is 143 cm³/mol. The van der Waals surface area contributed by atoms with Crippen molar-refractivity contribution in [3.05, 3.63) is 72.8 Å². The van der Waals surface area contributed by atoms with E-state index in [4.69, 9.17) is 14.2 Å². The van der Waals surface area contributed by atoms with Gasteiger partial charge in [-0.2, -0.15) is 0 Å². The van der Waals surface area contributed by atoms with Gasteiger partial charge in [-0.3, -0.25) is 9.21 Å². The van der Waals surface area contributed by atoms with E-state index in [2.05, 4.69) is 4.90 Å². The van der Waals surface area contributed by atoms with Crippen LogP contribution < -0.4 is 23.4 Å². The first-order chi connectivity index (χ1) is 17.9. The normalized spacial score (nSPS) is 15.2. The van der Waals surface area contributed by atoms with Crippen molar-refractivity contribution in [1.29, 1.82) is 0 Å². The molecule has 0 spiro atoms. The molecular formula is C27H33N3O6S. The van der Waals surface area contributed by atoms with Crippen LogP contribution >= 0.6 is 0 Å². The monoisotopic (exact) mass is 527 g/mol. The number of piperazine rings is 1. The van der Waals surface area contributed by atoms with Crippen LogP contribution in [0.4, 0.5) is 11.4 Å². The van der Waals surface area contributed by atoms with E-state index in [0.29, 0.717) is 43.4 Å². The van der Waals surface area contributed by atoms with Crippen molar-refractivity contribution in [1.82, 2.24) is 4.90 Å². The maximum absolute atomic E-state index is 13.8. The van der Waals surface area contributed by atoms with Gasteiger partial charge in [0.2, 0.25) is 0 Å². The molecule has 1 aliphatic rings. The van der Waals surface area contributed by atoms with E-state index in [0.717, 1.165) is 11.4 Å². The minimum absolute atomic E-state index is 0.126. The molecule has 0 aromatic heterocycles. The Labute approximate surface area is 218 Å². The number of para-hydroxylation sites is 2. The smallest absolute Gasteiger partial charge is 0.264 e. The van der Waals surface area contributed by atoms with Crippen molar-refractivity contribution in [2.24, 2.45) is 0 Å². The molecule has 1 aliphatic heterocycles. The Hall–Kier alpha value is -3.47. The average Bonchev–Trinajstić information content (AvgIpc) is 2.95. The predicted octanol–water partition coefficient (Wildman–Crippen LogP) is 3.05. The quantitative estimate of drug-likeness (QED) is 0.430. The standard InChI is InChI=1S/C27H33N3O6S/c1-34-21-13-14-24(26(19-21)36-3)30(37(32,33)22-9-5-4-6-10-22)20-27(31)29-17-15-28(16-18-29)23-11-7-8-12-25(23)35-2/h4-14,19,27,31H,15-18,20H2,1-3H3. The van der Waals surface area contributed by atoms with Gasteiger partial charge in [0.1, 0.15) is 23.5 Å². The lowest BCUT2D eigenvalue weighted by molar-refractivity contribution is 0.00843. The molecule has 37 heavy (non-hydrogen) atoms. The number of rotatable bonds is 10. The van der Waals surface area contributed by atoms with Crippen LogP contribution in [0, 0.1) is 0 Å². The lowest BCUT2D eigenvalue weighted by Crippen LogP contribution is -2.54. The minimum Gasteiger partial charge on any atom is -0.497 e. The molecule has 1 N–H and O–H groups in total. The van der Waals surface area contributed by atoms with Gasteiger partial charge in [-0.1, -0.05) is 30.3 Å². The Balaban J connectivity index is 1.58. The van der Waals surface area contributed by atoms with Crippen LogP contribution in [0.15, 0.2) is 77.7 Å². The molecule has 1 fully saturated rings. The number of aliphatic hydroxyl groups is 1. The van der Waals surface area contributed by atoms with Crippen LogP contribution in [0.3, 0.4) is 0 Å². The second kappa shape index (κ2) is 11.7. The highest BCUT2D eigenvalue weighted by Gasteiger charge is 2.32. The molecule has 1 atom stereocenters. The van der Waals surface area contributed by atoms with Crippen molar-refractivity contribution in [3.8, 4) is 17.2 Å². The second-order valence-corrected chi connectivity index (χ2v) is 10.4. The molecule has 4 rings (SSSR count). The van der Waals surface area contributed by atoms with Gasteiger partial charge in [-0.15, -0.1) is 0 Å². The lowest BCUT2D eigenvalue weighted by atomic mass is 10.2. The Morgan fingerprint density at radius 1 is 0.838 bits per heavy atom. The summed E-state index contributed by atoms with van der Waals surface area (Å²) in [6.07, 6.45) is -1.04. The van der Waals surface area contributed by atoms with Crippen LogP contribution in [0.2, 0.25) is 0 Å². The highest BCUT2D eigenvalue weighted by molar-refractivity contribution is 7.92. The average molecular weight is 528 g/mol. The van der Waals surface area contributed by atoms with E-state index < -0.39 is 16.3 Å². The maximum Gasteiger partial charge on any atom is 0.264 e. The third kappa shape index (κ3) is 5.76. The third-order valence-corrected chi connectivity index (χ3v) is 8.27. The number of methoxy groups -OCH3 is 3. The largest absolute Gasteiger partial charge is 0.497 e. The number of aliphatic hydroxyl groups excluding tert-OH is 1. The summed E-state index contributed by atoms with van der Waals surface area (Å²) in [5, 5.41) is 11.2. The topological polar surface area (TPSA) is 91.8 Å². The van der Waals surface area contributed by atoms with Crippen molar-refractivity contribution in [3.63, 3.8) is 0 Å². The summed E-state index contributed by atoms with van der Waals surface area (Å²) in [6.45, 7) is 2.26. The number of anilines is 2. The van der Waals surface area contributed by atoms with Gasteiger partial charge in [0.15, 0.2) is 0 Å². The van der Waals surface area contributed by atoms with Crippen molar-refractivity contribution in [2.75, 3.05) is 63.3 Å². The zero-order valence-electron chi connectivity index (χ0n) is 21.3. The third-order valence-electron chi connectivity index (χ3n) is 6.48. The molecule has 1 heterocycles. The van der Waals surface area contributed by atoms with Gasteiger partial charge in [0.05, 0.1) is 44.1 Å². The van der Waals surface area contributed by atoms with E-state index in [1.54, 1.807) is 43.5 Å². The molecule has 1 saturated heterocycles. The molecular weight excluding hydrogens is 494 g/mol. The van der Waals surface area contributed by atoms with E-state index in [9.17, 15) is 13.5 Å². The van der Waals surface area contributed by atoms with Gasteiger partial charge in [0, 0.05) is 32.2 Å². The molecule has 0 saturated carbocycles. The first-order valence-corrected chi connectivity index (χ1v) is 13.4. The summed E-state index contributed by atoms with van der Waals surface area (Å²) in [6, 6.07) is 20.9. The molecule has 0 aliphatic carbocycles. The Bertz CT molecular complexity index is 1280. The Kier molecular flexibility index (Phi) is 8.42. The summed E-state index contributed by atoms with van der Waals surface area (Å²) in [5.74, 6) is 1.65. The van der Waals surface area contributed by atoms with Crippen LogP contribution in [0.1, 0.15) is 0 Å². The fourth-order valence-corrected chi connectivity index (χ4v) is 5.95. The van der Waals surface area contributed by atoms with Crippen LogP contribution in [-0.4, -0.2) is 78.7 Å². The Morgan fingerprint density at radius 3 is 2.14 bits per heavy atom. The summed E-state index contributed by atoms with van der Waals surface area (Å²) in [5.41, 5.74) is 1.31. The zero-order valence-corrected chi connectivity index (χ0v) is 22.1. The number of hydrogen-bond acceptors (Lipinski definition) is 8. The zero-order chi connectivity index (χ0) is 26.4. The number of benzene rings is 3. The highest BCUT2D eigenvalue weighted by atomic mass is 32.2. The molecule has 10 heteroatoms. The number of sulfonamides is 1. The van der Waals surface area contributed by atoms with Crippen LogP contribution in [0.25, 0.3) is 0 Å². The summed E-state index contributed by atoms with van der Waals surface area (Å²) < 4.78 is 45.0. The first kappa shape index (κ1) is 26.6. The molecule has 1 unspecified atom stereocenters. The number of nitrogens with zero attached hydrogens (tertiary/aromatic N) is 3. The maximum atomic E-state index is 13.8. The fraction of sp³-hybridized carbons (Fsp3) is 0.333. The summed E-state index contributed by atoms with van der Waals surface area (Å²) >= 11 is 0. The SMILES string of the molecule is COc1ccc(N(CC(O)N2CCN(c3ccccc3OC)CC2)S(=O)(=O)c2ccccc2)c(OC)c1. The van der Waals surface area contributed by atoms with Gasteiger partial charge >= 0.3 is 0 Å². The van der Waals surface area contributed by atoms with E-state index >= 15 is 0 Å². The van der Waals surface area contributed by atoms with Gasteiger partial charge in [-0.25, -0.2) is 8.42 Å². The molecule has 198 valence electrons. The van der Waals surface area contributed by atoms with E-state index in [1.807, 2.05) is 29.2 Å².